The van der Waals surface area contributed by atoms with Gasteiger partial charge in [-0.15, -0.1) is 0 Å². The van der Waals surface area contributed by atoms with Gasteiger partial charge in [0.15, 0.2) is 0 Å². The first-order valence-electron chi connectivity index (χ1n) is 7.64. The highest BCUT2D eigenvalue weighted by Gasteiger charge is 2.23. The van der Waals surface area contributed by atoms with Crippen LogP contribution in [0.1, 0.15) is 62.5 Å². The van der Waals surface area contributed by atoms with E-state index in [2.05, 4.69) is 31.2 Å². The average Bonchev–Trinajstić information content (AvgIpc) is 2.65. The molecular formula is C17H27N. The van der Waals surface area contributed by atoms with Crippen LogP contribution < -0.4 is 5.73 Å². The van der Waals surface area contributed by atoms with Crippen molar-refractivity contribution in [2.45, 2.75) is 57.8 Å². The predicted octanol–water partition coefficient (Wildman–Crippen LogP) is 4.26. The van der Waals surface area contributed by atoms with Crippen molar-refractivity contribution in [2.75, 3.05) is 6.54 Å². The maximum Gasteiger partial charge on any atom is -0.00430 e. The topological polar surface area (TPSA) is 26.0 Å². The van der Waals surface area contributed by atoms with Gasteiger partial charge in [-0.1, -0.05) is 56.9 Å². The van der Waals surface area contributed by atoms with Gasteiger partial charge < -0.3 is 5.73 Å². The summed E-state index contributed by atoms with van der Waals surface area (Å²) in [6.07, 6.45) is 9.21. The summed E-state index contributed by atoms with van der Waals surface area (Å²) in [4.78, 5) is 0. The second-order valence-electron chi connectivity index (χ2n) is 5.73. The lowest BCUT2D eigenvalue weighted by Crippen LogP contribution is -2.21. The number of benzene rings is 1. The van der Waals surface area contributed by atoms with Gasteiger partial charge in [-0.2, -0.15) is 0 Å². The Balaban J connectivity index is 2.11. The summed E-state index contributed by atoms with van der Waals surface area (Å²) in [5.41, 5.74) is 8.97. The fourth-order valence-corrected chi connectivity index (χ4v) is 3.33. The zero-order valence-corrected chi connectivity index (χ0v) is 11.7. The SMILES string of the molecule is CCCc1ccc(C2CCCCCC2CN)cc1. The van der Waals surface area contributed by atoms with Crippen molar-refractivity contribution in [3.8, 4) is 0 Å². The van der Waals surface area contributed by atoms with E-state index in [1.54, 1.807) is 0 Å². The molecule has 0 radical (unpaired) electrons. The fourth-order valence-electron chi connectivity index (χ4n) is 3.33. The van der Waals surface area contributed by atoms with Crippen LogP contribution in [-0.2, 0) is 6.42 Å². The minimum absolute atomic E-state index is 0.699. The van der Waals surface area contributed by atoms with Gasteiger partial charge in [0.25, 0.3) is 0 Å². The smallest absolute Gasteiger partial charge is 0.00430 e. The minimum atomic E-state index is 0.699. The molecule has 0 heterocycles. The van der Waals surface area contributed by atoms with Crippen LogP contribution in [0, 0.1) is 5.92 Å². The van der Waals surface area contributed by atoms with E-state index in [0.29, 0.717) is 11.8 Å². The lowest BCUT2D eigenvalue weighted by Gasteiger charge is -2.24. The Morgan fingerprint density at radius 2 is 1.78 bits per heavy atom. The molecule has 2 rings (SSSR count). The molecule has 1 nitrogen and oxygen atoms in total. The van der Waals surface area contributed by atoms with Crippen LogP contribution in [0.25, 0.3) is 0 Å². The van der Waals surface area contributed by atoms with Crippen molar-refractivity contribution < 1.29 is 0 Å². The zero-order chi connectivity index (χ0) is 12.8. The molecule has 0 aliphatic heterocycles. The van der Waals surface area contributed by atoms with Gasteiger partial charge in [0.2, 0.25) is 0 Å². The highest BCUT2D eigenvalue weighted by Crippen LogP contribution is 2.36. The lowest BCUT2D eigenvalue weighted by molar-refractivity contribution is 0.408. The normalized spacial score (nSPS) is 24.8. The molecule has 1 aromatic carbocycles. The molecule has 1 saturated carbocycles. The van der Waals surface area contributed by atoms with Gasteiger partial charge in [0, 0.05) is 0 Å². The van der Waals surface area contributed by atoms with Gasteiger partial charge in [0.1, 0.15) is 0 Å². The molecule has 0 spiro atoms. The van der Waals surface area contributed by atoms with Crippen molar-refractivity contribution >= 4 is 0 Å². The third kappa shape index (κ3) is 3.35. The Morgan fingerprint density at radius 3 is 2.44 bits per heavy atom. The van der Waals surface area contributed by atoms with Crippen LogP contribution >= 0.6 is 0 Å². The Labute approximate surface area is 112 Å². The van der Waals surface area contributed by atoms with Gasteiger partial charge in [-0.25, -0.2) is 0 Å². The van der Waals surface area contributed by atoms with Gasteiger partial charge >= 0.3 is 0 Å². The summed E-state index contributed by atoms with van der Waals surface area (Å²) in [6.45, 7) is 3.09. The first kappa shape index (κ1) is 13.6. The molecule has 1 fully saturated rings. The Hall–Kier alpha value is -0.820. The van der Waals surface area contributed by atoms with Crippen LogP contribution in [0.2, 0.25) is 0 Å². The molecule has 1 aliphatic carbocycles. The molecule has 100 valence electrons. The predicted molar refractivity (Wildman–Crippen MR) is 78.8 cm³/mol. The van der Waals surface area contributed by atoms with Gasteiger partial charge in [0.05, 0.1) is 0 Å². The number of aryl methyl sites for hydroxylation is 1. The standard InChI is InChI=1S/C17H27N/c1-2-6-14-9-11-15(12-10-14)17-8-5-3-4-7-16(17)13-18/h9-12,16-17H,2-8,13,18H2,1H3. The van der Waals surface area contributed by atoms with Crippen molar-refractivity contribution in [2.24, 2.45) is 11.7 Å². The van der Waals surface area contributed by atoms with E-state index in [1.807, 2.05) is 0 Å². The molecule has 0 saturated heterocycles. The second-order valence-corrected chi connectivity index (χ2v) is 5.73. The van der Waals surface area contributed by atoms with Crippen molar-refractivity contribution in [1.29, 1.82) is 0 Å². The second kappa shape index (κ2) is 6.94. The average molecular weight is 245 g/mol. The molecule has 2 unspecified atom stereocenters. The van der Waals surface area contributed by atoms with Crippen molar-refractivity contribution in [1.82, 2.24) is 0 Å². The van der Waals surface area contributed by atoms with Gasteiger partial charge in [-0.3, -0.25) is 0 Å². The van der Waals surface area contributed by atoms with E-state index in [9.17, 15) is 0 Å². The number of nitrogens with two attached hydrogens (primary N) is 1. The van der Waals surface area contributed by atoms with E-state index < -0.39 is 0 Å². The Kier molecular flexibility index (Phi) is 5.25. The van der Waals surface area contributed by atoms with E-state index in [1.165, 1.54) is 56.1 Å². The summed E-state index contributed by atoms with van der Waals surface area (Å²) in [5, 5.41) is 0. The summed E-state index contributed by atoms with van der Waals surface area (Å²) >= 11 is 0. The molecule has 0 amide bonds. The van der Waals surface area contributed by atoms with Gasteiger partial charge in [-0.05, 0) is 48.8 Å². The largest absolute Gasteiger partial charge is 0.330 e. The molecule has 1 aliphatic rings. The summed E-state index contributed by atoms with van der Waals surface area (Å²) in [5.74, 6) is 1.40. The van der Waals surface area contributed by atoms with E-state index in [0.717, 1.165) is 6.54 Å². The van der Waals surface area contributed by atoms with Crippen LogP contribution in [-0.4, -0.2) is 6.54 Å². The Bertz CT molecular complexity index is 341. The summed E-state index contributed by atoms with van der Waals surface area (Å²) in [7, 11) is 0. The molecule has 1 heteroatoms. The first-order chi connectivity index (χ1) is 8.85. The van der Waals surface area contributed by atoms with Crippen LogP contribution in [0.5, 0.6) is 0 Å². The van der Waals surface area contributed by atoms with Crippen molar-refractivity contribution in [3.05, 3.63) is 35.4 Å². The van der Waals surface area contributed by atoms with E-state index in [-0.39, 0.29) is 0 Å². The van der Waals surface area contributed by atoms with Crippen molar-refractivity contribution in [3.63, 3.8) is 0 Å². The monoisotopic (exact) mass is 245 g/mol. The highest BCUT2D eigenvalue weighted by molar-refractivity contribution is 5.26. The number of rotatable bonds is 4. The molecule has 0 aromatic heterocycles. The first-order valence-corrected chi connectivity index (χ1v) is 7.64. The molecule has 2 N–H and O–H groups in total. The van der Waals surface area contributed by atoms with E-state index >= 15 is 0 Å². The Morgan fingerprint density at radius 1 is 1.06 bits per heavy atom. The molecular weight excluding hydrogens is 218 g/mol. The fraction of sp³-hybridized carbons (Fsp3) is 0.647. The maximum atomic E-state index is 5.98. The van der Waals surface area contributed by atoms with Crippen LogP contribution in [0.4, 0.5) is 0 Å². The van der Waals surface area contributed by atoms with Crippen LogP contribution in [0.15, 0.2) is 24.3 Å². The minimum Gasteiger partial charge on any atom is -0.330 e. The summed E-state index contributed by atoms with van der Waals surface area (Å²) in [6, 6.07) is 9.34. The third-order valence-electron chi connectivity index (χ3n) is 4.41. The lowest BCUT2D eigenvalue weighted by atomic mass is 9.82. The van der Waals surface area contributed by atoms with Crippen LogP contribution in [0.3, 0.4) is 0 Å². The number of hydrogen-bond donors (Lipinski definition) is 1. The van der Waals surface area contributed by atoms with E-state index in [4.69, 9.17) is 5.73 Å². The number of hydrogen-bond acceptors (Lipinski definition) is 1. The third-order valence-corrected chi connectivity index (χ3v) is 4.41. The molecule has 2 atom stereocenters. The maximum absolute atomic E-state index is 5.98. The molecule has 18 heavy (non-hydrogen) atoms. The highest BCUT2D eigenvalue weighted by atomic mass is 14.6. The molecule has 0 bridgehead atoms. The summed E-state index contributed by atoms with van der Waals surface area (Å²) < 4.78 is 0. The zero-order valence-electron chi connectivity index (χ0n) is 11.7. The molecule has 1 aromatic rings. The quantitative estimate of drug-likeness (QED) is 0.788.